The zero-order chi connectivity index (χ0) is 14.5. The highest BCUT2D eigenvalue weighted by Crippen LogP contribution is 2.17. The average Bonchev–Trinajstić information content (AvgIpc) is 2.85. The summed E-state index contributed by atoms with van der Waals surface area (Å²) in [6.07, 6.45) is -0.116. The molecule has 0 aliphatic heterocycles. The molecule has 0 aliphatic rings. The minimum absolute atomic E-state index is 0.0830. The van der Waals surface area contributed by atoms with E-state index in [0.29, 0.717) is 22.8 Å². The molecule has 1 amide bonds. The van der Waals surface area contributed by atoms with Crippen molar-refractivity contribution in [1.82, 2.24) is 15.5 Å². The van der Waals surface area contributed by atoms with Gasteiger partial charge in [-0.05, 0) is 12.1 Å². The molecule has 0 bridgehead atoms. The van der Waals surface area contributed by atoms with Gasteiger partial charge in [0.25, 0.3) is 5.91 Å². The molecule has 0 atom stereocenters. The summed E-state index contributed by atoms with van der Waals surface area (Å²) in [7, 11) is 0. The summed E-state index contributed by atoms with van der Waals surface area (Å²) in [6.45, 7) is 1.76. The first-order chi connectivity index (χ1) is 9.56. The molecule has 0 saturated heterocycles. The lowest BCUT2D eigenvalue weighted by Crippen LogP contribution is -2.25. The predicted molar refractivity (Wildman–Crippen MR) is 69.1 cm³/mol. The number of carbonyl (C=O) groups is 2. The Morgan fingerprint density at radius 2 is 2.20 bits per heavy atom. The first kappa shape index (κ1) is 13.7. The van der Waals surface area contributed by atoms with Crippen molar-refractivity contribution < 1.29 is 19.2 Å². The van der Waals surface area contributed by atoms with Gasteiger partial charge in [0.05, 0.1) is 6.42 Å². The van der Waals surface area contributed by atoms with Crippen LogP contribution >= 0.6 is 0 Å². The molecule has 2 N–H and O–H groups in total. The number of rotatable bonds is 5. The molecule has 0 unspecified atom stereocenters. The smallest absolute Gasteiger partial charge is 0.305 e. The Kier molecular flexibility index (Phi) is 4.09. The first-order valence-corrected chi connectivity index (χ1v) is 5.97. The van der Waals surface area contributed by atoms with E-state index in [9.17, 15) is 9.59 Å². The number of aryl methyl sites for hydroxylation is 1. The Bertz CT molecular complexity index is 636. The third kappa shape index (κ3) is 3.41. The molecule has 0 radical (unpaired) electrons. The van der Waals surface area contributed by atoms with Crippen molar-refractivity contribution in [3.63, 3.8) is 0 Å². The summed E-state index contributed by atoms with van der Waals surface area (Å²) in [5, 5.41) is 14.8. The van der Waals surface area contributed by atoms with Crippen LogP contribution in [-0.4, -0.2) is 33.7 Å². The molecular formula is C13H13N3O4. The molecule has 7 nitrogen and oxygen atoms in total. The molecule has 1 aromatic carbocycles. The molecule has 1 heterocycles. The van der Waals surface area contributed by atoms with Crippen molar-refractivity contribution in [3.8, 4) is 11.4 Å². The van der Waals surface area contributed by atoms with E-state index in [1.807, 2.05) is 0 Å². The van der Waals surface area contributed by atoms with Gasteiger partial charge in [-0.25, -0.2) is 0 Å². The lowest BCUT2D eigenvalue weighted by atomic mass is 10.1. The van der Waals surface area contributed by atoms with E-state index in [1.54, 1.807) is 31.2 Å². The monoisotopic (exact) mass is 275 g/mol. The lowest BCUT2D eigenvalue weighted by molar-refractivity contribution is -0.136. The quantitative estimate of drug-likeness (QED) is 0.850. The molecule has 7 heteroatoms. The lowest BCUT2D eigenvalue weighted by Gasteiger charge is -2.04. The largest absolute Gasteiger partial charge is 0.481 e. The van der Waals surface area contributed by atoms with Crippen molar-refractivity contribution >= 4 is 11.9 Å². The number of carbonyl (C=O) groups excluding carboxylic acids is 1. The first-order valence-electron chi connectivity index (χ1n) is 5.97. The standard InChI is InChI=1S/C13H13N3O4/c1-8-15-12(16-20-8)9-3-2-4-10(7-9)13(19)14-6-5-11(17)18/h2-4,7H,5-6H2,1H3,(H,14,19)(H,17,18). The van der Waals surface area contributed by atoms with Gasteiger partial charge in [0, 0.05) is 24.6 Å². The van der Waals surface area contributed by atoms with E-state index in [1.165, 1.54) is 0 Å². The van der Waals surface area contributed by atoms with E-state index in [4.69, 9.17) is 9.63 Å². The second-order valence-electron chi connectivity index (χ2n) is 4.12. The summed E-state index contributed by atoms with van der Waals surface area (Å²) >= 11 is 0. The van der Waals surface area contributed by atoms with Crippen LogP contribution < -0.4 is 5.32 Å². The predicted octanol–water partition coefficient (Wildman–Crippen LogP) is 1.25. The number of aromatic nitrogens is 2. The highest BCUT2D eigenvalue weighted by molar-refractivity contribution is 5.95. The zero-order valence-electron chi connectivity index (χ0n) is 10.8. The second-order valence-corrected chi connectivity index (χ2v) is 4.12. The van der Waals surface area contributed by atoms with E-state index >= 15 is 0 Å². The summed E-state index contributed by atoms with van der Waals surface area (Å²) < 4.78 is 4.88. The van der Waals surface area contributed by atoms with Crippen LogP contribution in [0.2, 0.25) is 0 Å². The van der Waals surface area contributed by atoms with Gasteiger partial charge in [0.1, 0.15) is 0 Å². The van der Waals surface area contributed by atoms with Crippen molar-refractivity contribution in [2.75, 3.05) is 6.54 Å². The van der Waals surface area contributed by atoms with Gasteiger partial charge in [-0.2, -0.15) is 4.98 Å². The maximum absolute atomic E-state index is 11.8. The van der Waals surface area contributed by atoms with Crippen molar-refractivity contribution in [3.05, 3.63) is 35.7 Å². The number of aliphatic carboxylic acids is 1. The Morgan fingerprint density at radius 3 is 2.85 bits per heavy atom. The van der Waals surface area contributed by atoms with Gasteiger partial charge in [0.2, 0.25) is 11.7 Å². The van der Waals surface area contributed by atoms with Crippen LogP contribution in [-0.2, 0) is 4.79 Å². The number of nitrogens with one attached hydrogen (secondary N) is 1. The van der Waals surface area contributed by atoms with Crippen molar-refractivity contribution in [2.45, 2.75) is 13.3 Å². The van der Waals surface area contributed by atoms with Gasteiger partial charge in [0.15, 0.2) is 0 Å². The minimum atomic E-state index is -0.957. The molecule has 0 saturated carbocycles. The van der Waals surface area contributed by atoms with Crippen LogP contribution in [0.1, 0.15) is 22.7 Å². The summed E-state index contributed by atoms with van der Waals surface area (Å²) in [6, 6.07) is 6.72. The third-order valence-corrected chi connectivity index (χ3v) is 2.53. The molecule has 20 heavy (non-hydrogen) atoms. The summed E-state index contributed by atoms with van der Waals surface area (Å²) in [4.78, 5) is 26.3. The summed E-state index contributed by atoms with van der Waals surface area (Å²) in [5.41, 5.74) is 1.07. The number of hydrogen-bond donors (Lipinski definition) is 2. The maximum atomic E-state index is 11.8. The Morgan fingerprint density at radius 1 is 1.40 bits per heavy atom. The second kappa shape index (κ2) is 5.96. The van der Waals surface area contributed by atoms with E-state index in [0.717, 1.165) is 0 Å². The summed E-state index contributed by atoms with van der Waals surface area (Å²) in [5.74, 6) is -0.450. The Labute approximate surface area is 114 Å². The molecule has 1 aromatic heterocycles. The molecular weight excluding hydrogens is 262 g/mol. The molecule has 0 spiro atoms. The Balaban J connectivity index is 2.09. The SMILES string of the molecule is Cc1nc(-c2cccc(C(=O)NCCC(=O)O)c2)no1. The van der Waals surface area contributed by atoms with E-state index in [2.05, 4.69) is 15.5 Å². The number of carboxylic acids is 1. The molecule has 104 valence electrons. The van der Waals surface area contributed by atoms with E-state index < -0.39 is 5.97 Å². The number of amides is 1. The highest BCUT2D eigenvalue weighted by Gasteiger charge is 2.10. The van der Waals surface area contributed by atoms with Crippen LogP contribution in [0, 0.1) is 6.92 Å². The number of hydrogen-bond acceptors (Lipinski definition) is 5. The Hall–Kier alpha value is -2.70. The van der Waals surface area contributed by atoms with Crippen molar-refractivity contribution in [1.29, 1.82) is 0 Å². The van der Waals surface area contributed by atoms with Gasteiger partial charge in [-0.3, -0.25) is 9.59 Å². The molecule has 2 aromatic rings. The highest BCUT2D eigenvalue weighted by atomic mass is 16.5. The van der Waals surface area contributed by atoms with Crippen LogP contribution in [0.3, 0.4) is 0 Å². The number of benzene rings is 1. The average molecular weight is 275 g/mol. The van der Waals surface area contributed by atoms with Crippen LogP contribution in [0.15, 0.2) is 28.8 Å². The van der Waals surface area contributed by atoms with Crippen LogP contribution in [0.25, 0.3) is 11.4 Å². The fourth-order valence-corrected chi connectivity index (χ4v) is 1.60. The molecule has 0 fully saturated rings. The zero-order valence-corrected chi connectivity index (χ0v) is 10.8. The van der Waals surface area contributed by atoms with Crippen LogP contribution in [0.4, 0.5) is 0 Å². The fourth-order valence-electron chi connectivity index (χ4n) is 1.60. The third-order valence-electron chi connectivity index (χ3n) is 2.53. The fraction of sp³-hybridized carbons (Fsp3) is 0.231. The van der Waals surface area contributed by atoms with Gasteiger partial charge in [-0.1, -0.05) is 17.3 Å². The van der Waals surface area contributed by atoms with Crippen LogP contribution in [0.5, 0.6) is 0 Å². The van der Waals surface area contributed by atoms with Gasteiger partial charge in [-0.15, -0.1) is 0 Å². The van der Waals surface area contributed by atoms with Gasteiger partial charge >= 0.3 is 5.97 Å². The normalized spacial score (nSPS) is 10.2. The molecule has 0 aliphatic carbocycles. The minimum Gasteiger partial charge on any atom is -0.481 e. The maximum Gasteiger partial charge on any atom is 0.305 e. The topological polar surface area (TPSA) is 105 Å². The number of carboxylic acid groups (broad SMARTS) is 1. The van der Waals surface area contributed by atoms with Crippen molar-refractivity contribution in [2.24, 2.45) is 0 Å². The van der Waals surface area contributed by atoms with E-state index in [-0.39, 0.29) is 18.9 Å². The number of nitrogens with zero attached hydrogens (tertiary/aromatic N) is 2. The molecule has 2 rings (SSSR count). The van der Waals surface area contributed by atoms with Gasteiger partial charge < -0.3 is 14.9 Å².